The molecule has 14 heteroatoms. The molecule has 2 N–H and O–H groups in total. The number of likely N-dealkylation sites (tertiary alicyclic amines) is 1. The van der Waals surface area contributed by atoms with Gasteiger partial charge in [-0.2, -0.15) is 0 Å². The number of amides is 3. The summed E-state index contributed by atoms with van der Waals surface area (Å²) in [5, 5.41) is 6.27. The molecule has 13 nitrogen and oxygen atoms in total. The Morgan fingerprint density at radius 2 is 1.66 bits per heavy atom. The van der Waals surface area contributed by atoms with E-state index in [4.69, 9.17) is 23.4 Å². The number of nitrogens with zero attached hydrogens (tertiary/aromatic N) is 1. The average Bonchev–Trinajstić information content (AvgIpc) is 3.75. The Kier molecular flexibility index (Phi) is 13.3. The number of alkyl carbamates (subject to hydrolysis) is 1. The van der Waals surface area contributed by atoms with Crippen molar-refractivity contribution in [3.8, 4) is 0 Å². The Morgan fingerprint density at radius 1 is 0.943 bits per heavy atom. The number of hydrogen-bond donors (Lipinski definition) is 2. The van der Waals surface area contributed by atoms with Crippen molar-refractivity contribution in [3.63, 3.8) is 0 Å². The van der Waals surface area contributed by atoms with E-state index in [2.05, 4.69) is 10.6 Å². The van der Waals surface area contributed by atoms with Crippen LogP contribution in [0.3, 0.4) is 0 Å². The number of rotatable bonds is 11. The van der Waals surface area contributed by atoms with E-state index < -0.39 is 49.4 Å². The van der Waals surface area contributed by atoms with Gasteiger partial charge in [0.15, 0.2) is 0 Å². The number of furan rings is 1. The second-order valence-corrected chi connectivity index (χ2v) is 15.8. The highest BCUT2D eigenvalue weighted by molar-refractivity contribution is 6.00. The molecule has 0 radical (unpaired) electrons. The van der Waals surface area contributed by atoms with Crippen molar-refractivity contribution in [3.05, 3.63) is 30.0 Å². The number of hydrogen-bond acceptors (Lipinski definition) is 10. The summed E-state index contributed by atoms with van der Waals surface area (Å²) >= 11 is 0. The van der Waals surface area contributed by atoms with Gasteiger partial charge in [0, 0.05) is 23.5 Å². The Bertz CT molecular complexity index is 1610. The van der Waals surface area contributed by atoms with Crippen LogP contribution >= 0.6 is 0 Å². The first-order valence-electron chi connectivity index (χ1n) is 18.9. The number of alkyl halides is 1. The van der Waals surface area contributed by atoms with Gasteiger partial charge in [-0.1, -0.05) is 32.1 Å². The van der Waals surface area contributed by atoms with Crippen LogP contribution in [0, 0.1) is 23.7 Å². The summed E-state index contributed by atoms with van der Waals surface area (Å²) in [6, 6.07) is 5.15. The van der Waals surface area contributed by atoms with E-state index in [1.165, 1.54) is 12.5 Å². The molecule has 3 amide bonds. The van der Waals surface area contributed by atoms with E-state index in [0.717, 1.165) is 32.1 Å². The molecule has 3 fully saturated rings. The number of fused-ring (bicyclic) bond motifs is 1. The van der Waals surface area contributed by atoms with E-state index in [1.807, 2.05) is 0 Å². The number of nitrogens with one attached hydrogen (secondary N) is 2. The third-order valence-electron chi connectivity index (χ3n) is 10.5. The molecule has 0 bridgehead atoms. The summed E-state index contributed by atoms with van der Waals surface area (Å²) in [5.41, 5.74) is 0.178. The van der Waals surface area contributed by atoms with Crippen LogP contribution in [-0.4, -0.2) is 78.7 Å². The van der Waals surface area contributed by atoms with Crippen molar-refractivity contribution in [2.45, 2.75) is 123 Å². The quantitative estimate of drug-likeness (QED) is 0.134. The Hall–Kier alpha value is -4.36. The summed E-state index contributed by atoms with van der Waals surface area (Å²) in [6.45, 7) is 7.71. The maximum atomic E-state index is 14.2. The number of carbonyl (C=O) groups is 5. The highest BCUT2D eigenvalue weighted by Crippen LogP contribution is 2.41. The molecule has 5 rings (SSSR count). The molecule has 3 atom stereocenters. The number of anilines is 1. The zero-order valence-corrected chi connectivity index (χ0v) is 31.5. The monoisotopic (exact) mass is 743 g/mol. The highest BCUT2D eigenvalue weighted by atomic mass is 19.1. The number of benzene rings is 1. The Balaban J connectivity index is 1.23. The Morgan fingerprint density at radius 3 is 2.32 bits per heavy atom. The normalized spacial score (nSPS) is 23.0. The van der Waals surface area contributed by atoms with Crippen LogP contribution < -0.4 is 10.6 Å². The third-order valence-corrected chi connectivity index (χ3v) is 10.5. The molecule has 53 heavy (non-hydrogen) atoms. The summed E-state index contributed by atoms with van der Waals surface area (Å²) in [6.07, 6.45) is 6.44. The fraction of sp³-hybridized carbons (Fsp3) is 0.667. The van der Waals surface area contributed by atoms with Crippen LogP contribution in [-0.2, 0) is 28.5 Å². The first-order valence-corrected chi connectivity index (χ1v) is 18.9. The maximum absolute atomic E-state index is 14.2. The molecule has 2 saturated carbocycles. The molecule has 0 spiro atoms. The van der Waals surface area contributed by atoms with Gasteiger partial charge in [0.25, 0.3) is 0 Å². The maximum Gasteiger partial charge on any atom is 0.511 e. The largest absolute Gasteiger partial charge is 0.511 e. The van der Waals surface area contributed by atoms with Crippen molar-refractivity contribution in [1.82, 2.24) is 10.2 Å². The van der Waals surface area contributed by atoms with Crippen molar-refractivity contribution >= 4 is 46.7 Å². The van der Waals surface area contributed by atoms with Gasteiger partial charge < -0.3 is 38.9 Å². The lowest BCUT2D eigenvalue weighted by atomic mass is 9.76. The minimum Gasteiger partial charge on any atom is -0.449 e. The number of carbonyl (C=O) groups excluding carboxylic acids is 5. The predicted octanol–water partition coefficient (Wildman–Crippen LogP) is 7.51. The lowest BCUT2D eigenvalue weighted by Gasteiger charge is -2.37. The standard InChI is InChI=1S/C39H54FN3O10/c1-23(2)51-38(48)50-22-49-36(46)32-20-27-19-28(15-16-31(27)52-32)41-34(44)33-29(24-9-7-6-8-10-24)17-18-43(33)35(45)26-13-11-25(12-14-26)30(21-40)42-37(47)53-39(3,4)5/h15-16,19-20,23-26,29-30,33H,6-14,17-18,21-22H2,1-5H3,(H,41,44)(H,42,47)/t25-,26-,29-,30?,33-/m0/s1. The smallest absolute Gasteiger partial charge is 0.449 e. The van der Waals surface area contributed by atoms with Gasteiger partial charge >= 0.3 is 18.2 Å². The first kappa shape index (κ1) is 39.8. The molecule has 2 aromatic rings. The fourth-order valence-electron chi connectivity index (χ4n) is 8.07. The van der Waals surface area contributed by atoms with Crippen LogP contribution in [0.5, 0.6) is 0 Å². The zero-order valence-electron chi connectivity index (χ0n) is 31.5. The lowest BCUT2D eigenvalue weighted by molar-refractivity contribution is -0.142. The van der Waals surface area contributed by atoms with Crippen molar-refractivity contribution in [2.75, 3.05) is 25.3 Å². The van der Waals surface area contributed by atoms with E-state index in [1.54, 1.807) is 57.7 Å². The fourth-order valence-corrected chi connectivity index (χ4v) is 8.07. The molecule has 1 aromatic carbocycles. The molecular weight excluding hydrogens is 689 g/mol. The van der Waals surface area contributed by atoms with Gasteiger partial charge in [0.2, 0.25) is 24.4 Å². The van der Waals surface area contributed by atoms with Crippen LogP contribution in [0.2, 0.25) is 0 Å². The average molecular weight is 744 g/mol. The third kappa shape index (κ3) is 10.6. The van der Waals surface area contributed by atoms with Gasteiger partial charge in [0.1, 0.15) is 23.9 Å². The summed E-state index contributed by atoms with van der Waals surface area (Å²) in [5.74, 6) is -1.29. The number of ether oxygens (including phenoxy) is 4. The molecule has 2 aliphatic carbocycles. The van der Waals surface area contributed by atoms with Gasteiger partial charge in [0.05, 0.1) is 12.1 Å². The lowest BCUT2D eigenvalue weighted by Crippen LogP contribution is -2.50. The topological polar surface area (TPSA) is 163 Å². The Labute approximate surface area is 309 Å². The number of esters is 1. The highest BCUT2D eigenvalue weighted by Gasteiger charge is 2.47. The zero-order chi connectivity index (χ0) is 38.3. The van der Waals surface area contributed by atoms with E-state index in [9.17, 15) is 28.4 Å². The molecule has 2 heterocycles. The predicted molar refractivity (Wildman–Crippen MR) is 193 cm³/mol. The van der Waals surface area contributed by atoms with Gasteiger partial charge in [-0.05, 0) is 109 Å². The van der Waals surface area contributed by atoms with E-state index in [-0.39, 0.29) is 41.4 Å². The van der Waals surface area contributed by atoms with Crippen molar-refractivity contribution < 1.29 is 51.7 Å². The van der Waals surface area contributed by atoms with Crippen molar-refractivity contribution in [1.29, 1.82) is 0 Å². The summed E-state index contributed by atoms with van der Waals surface area (Å²) in [7, 11) is 0. The van der Waals surface area contributed by atoms with Crippen LogP contribution in [0.25, 0.3) is 11.0 Å². The summed E-state index contributed by atoms with van der Waals surface area (Å²) in [4.78, 5) is 66.5. The molecule has 1 unspecified atom stereocenters. The van der Waals surface area contributed by atoms with E-state index >= 15 is 0 Å². The minimum absolute atomic E-state index is 0.0311. The van der Waals surface area contributed by atoms with Gasteiger partial charge in [-0.15, -0.1) is 0 Å². The SMILES string of the molecule is CC(C)OC(=O)OCOC(=O)c1cc2cc(NC(=O)[C@@H]3[C@H](C4CCCCC4)CCN3C(=O)[C@H]3CC[C@H](C(CF)NC(=O)OC(C)(C)C)CC3)ccc2o1. The molecule has 292 valence electrons. The first-order chi connectivity index (χ1) is 25.2. The molecule has 1 aromatic heterocycles. The molecular formula is C39H54FN3O10. The molecule has 1 saturated heterocycles. The van der Waals surface area contributed by atoms with Gasteiger partial charge in [-0.25, -0.2) is 18.8 Å². The second-order valence-electron chi connectivity index (χ2n) is 15.8. The molecule has 1 aliphatic heterocycles. The minimum atomic E-state index is -0.963. The van der Waals surface area contributed by atoms with E-state index in [0.29, 0.717) is 54.8 Å². The van der Waals surface area contributed by atoms with Crippen molar-refractivity contribution in [2.24, 2.45) is 23.7 Å². The summed E-state index contributed by atoms with van der Waals surface area (Å²) < 4.78 is 39.6. The van der Waals surface area contributed by atoms with Crippen LogP contribution in [0.1, 0.15) is 109 Å². The van der Waals surface area contributed by atoms with Crippen LogP contribution in [0.4, 0.5) is 19.7 Å². The number of halogens is 1. The molecule has 3 aliphatic rings. The van der Waals surface area contributed by atoms with Gasteiger partial charge in [-0.3, -0.25) is 9.59 Å². The second kappa shape index (κ2) is 17.6. The van der Waals surface area contributed by atoms with Crippen LogP contribution in [0.15, 0.2) is 28.7 Å².